The molecular formula is C22H30N2O3S. The van der Waals surface area contributed by atoms with Crippen LogP contribution in [0.4, 0.5) is 0 Å². The van der Waals surface area contributed by atoms with Gasteiger partial charge in [-0.25, -0.2) is 13.1 Å². The zero-order valence-electron chi connectivity index (χ0n) is 16.6. The van der Waals surface area contributed by atoms with E-state index in [-0.39, 0.29) is 11.4 Å². The third-order valence-electron chi connectivity index (χ3n) is 6.24. The number of fused-ring (bicyclic) bond motifs is 3. The van der Waals surface area contributed by atoms with Gasteiger partial charge < -0.3 is 5.11 Å². The number of aliphatic hydroxyl groups excluding tert-OH is 1. The lowest BCUT2D eigenvalue weighted by Crippen LogP contribution is -2.42. The monoisotopic (exact) mass is 402 g/mol. The van der Waals surface area contributed by atoms with E-state index < -0.39 is 16.1 Å². The van der Waals surface area contributed by atoms with Crippen LogP contribution in [0.1, 0.15) is 33.1 Å². The fourth-order valence-electron chi connectivity index (χ4n) is 5.22. The third-order valence-corrected chi connectivity index (χ3v) is 7.72. The number of β-amino-alcohol motifs (C(OH)–C–C–N with tert-alkyl or cyclic N) is 1. The minimum atomic E-state index is -3.68. The molecule has 0 spiro atoms. The predicted molar refractivity (Wildman–Crippen MR) is 112 cm³/mol. The molecule has 0 amide bonds. The van der Waals surface area contributed by atoms with Crippen molar-refractivity contribution in [1.82, 2.24) is 9.62 Å². The molecule has 0 radical (unpaired) electrons. The van der Waals surface area contributed by atoms with E-state index >= 15 is 0 Å². The fourth-order valence-corrected chi connectivity index (χ4v) is 6.53. The first-order chi connectivity index (χ1) is 13.2. The number of aliphatic hydroxyl groups is 1. The summed E-state index contributed by atoms with van der Waals surface area (Å²) in [6.45, 7) is 6.22. The fraction of sp³-hybridized carbons (Fsp3) is 0.545. The highest BCUT2D eigenvalue weighted by atomic mass is 32.2. The van der Waals surface area contributed by atoms with Crippen LogP contribution in [0.5, 0.6) is 0 Å². The number of nitrogens with one attached hydrogen (secondary N) is 1. The molecule has 2 aliphatic rings. The zero-order chi connectivity index (χ0) is 19.9. The van der Waals surface area contributed by atoms with Gasteiger partial charge in [0.15, 0.2) is 0 Å². The summed E-state index contributed by atoms with van der Waals surface area (Å²) in [6.07, 6.45) is 2.88. The summed E-state index contributed by atoms with van der Waals surface area (Å²) >= 11 is 0. The molecule has 1 heterocycles. The Labute approximate surface area is 167 Å². The first kappa shape index (κ1) is 19.8. The van der Waals surface area contributed by atoms with Gasteiger partial charge in [0.25, 0.3) is 0 Å². The van der Waals surface area contributed by atoms with E-state index in [1.54, 1.807) is 12.1 Å². The van der Waals surface area contributed by atoms with Crippen molar-refractivity contribution < 1.29 is 13.5 Å². The van der Waals surface area contributed by atoms with E-state index in [1.165, 1.54) is 12.8 Å². The number of likely N-dealkylation sites (tertiary alicyclic amines) is 1. The summed E-state index contributed by atoms with van der Waals surface area (Å²) < 4.78 is 28.3. The van der Waals surface area contributed by atoms with Gasteiger partial charge in [-0.1, -0.05) is 50.2 Å². The number of nitrogens with zero attached hydrogens (tertiary/aromatic N) is 1. The molecule has 2 aromatic rings. The van der Waals surface area contributed by atoms with Crippen LogP contribution in [0.2, 0.25) is 0 Å². The number of sulfonamides is 1. The Hall–Kier alpha value is -1.47. The lowest BCUT2D eigenvalue weighted by atomic mass is 9.72. The van der Waals surface area contributed by atoms with Crippen LogP contribution in [-0.2, 0) is 10.0 Å². The summed E-state index contributed by atoms with van der Waals surface area (Å²) in [6, 6.07) is 13.2. The van der Waals surface area contributed by atoms with Gasteiger partial charge in [-0.2, -0.15) is 0 Å². The van der Waals surface area contributed by atoms with Gasteiger partial charge in [0.2, 0.25) is 10.0 Å². The molecule has 1 aliphatic carbocycles. The maximum Gasteiger partial charge on any atom is 0.241 e. The quantitative estimate of drug-likeness (QED) is 0.779. The highest BCUT2D eigenvalue weighted by molar-refractivity contribution is 7.89. The molecule has 0 aromatic heterocycles. The highest BCUT2D eigenvalue weighted by Gasteiger charge is 2.42. The summed E-state index contributed by atoms with van der Waals surface area (Å²) in [5.74, 6) is 0.702. The molecule has 1 saturated carbocycles. The van der Waals surface area contributed by atoms with E-state index in [2.05, 4.69) is 23.5 Å². The van der Waals surface area contributed by atoms with Crippen molar-refractivity contribution in [3.05, 3.63) is 42.5 Å². The molecule has 2 unspecified atom stereocenters. The smallest absolute Gasteiger partial charge is 0.241 e. The van der Waals surface area contributed by atoms with Crippen LogP contribution in [0, 0.1) is 11.3 Å². The largest absolute Gasteiger partial charge is 0.390 e. The second-order valence-electron chi connectivity index (χ2n) is 9.26. The van der Waals surface area contributed by atoms with Crippen molar-refractivity contribution in [1.29, 1.82) is 0 Å². The highest BCUT2D eigenvalue weighted by Crippen LogP contribution is 2.45. The van der Waals surface area contributed by atoms with Crippen LogP contribution in [-0.4, -0.2) is 50.2 Å². The summed E-state index contributed by atoms with van der Waals surface area (Å²) in [5, 5.41) is 12.1. The number of hydrogen-bond acceptors (Lipinski definition) is 4. The van der Waals surface area contributed by atoms with Gasteiger partial charge in [-0.05, 0) is 42.0 Å². The zero-order valence-corrected chi connectivity index (χ0v) is 17.5. The van der Waals surface area contributed by atoms with Crippen LogP contribution >= 0.6 is 0 Å². The van der Waals surface area contributed by atoms with Crippen LogP contribution in [0.25, 0.3) is 10.8 Å². The van der Waals surface area contributed by atoms with Crippen LogP contribution < -0.4 is 4.72 Å². The molecule has 2 bridgehead atoms. The molecule has 152 valence electrons. The summed E-state index contributed by atoms with van der Waals surface area (Å²) in [4.78, 5) is 2.62. The minimum absolute atomic E-state index is 0.0306. The van der Waals surface area contributed by atoms with E-state index in [0.29, 0.717) is 29.3 Å². The number of rotatable bonds is 6. The Bertz CT molecular complexity index is 952. The first-order valence-electron chi connectivity index (χ1n) is 10.1. The molecule has 28 heavy (non-hydrogen) atoms. The summed E-state index contributed by atoms with van der Waals surface area (Å²) in [7, 11) is -3.68. The van der Waals surface area contributed by atoms with E-state index in [4.69, 9.17) is 0 Å². The van der Waals surface area contributed by atoms with Gasteiger partial charge in [0.1, 0.15) is 0 Å². The van der Waals surface area contributed by atoms with E-state index in [9.17, 15) is 13.5 Å². The Kier molecular flexibility index (Phi) is 5.25. The molecule has 2 N–H and O–H groups in total. The SMILES string of the molecule is CC1(C)CC2CC(C1)N(C[C@@H](O)CNS(=O)(=O)c1cccc3ccccc13)C2. The van der Waals surface area contributed by atoms with Crippen LogP contribution in [0.3, 0.4) is 0 Å². The molecule has 5 nitrogen and oxygen atoms in total. The van der Waals surface area contributed by atoms with E-state index in [1.807, 2.05) is 30.3 Å². The van der Waals surface area contributed by atoms with Crippen molar-refractivity contribution in [2.24, 2.45) is 11.3 Å². The topological polar surface area (TPSA) is 69.6 Å². The molecule has 3 atom stereocenters. The maximum atomic E-state index is 12.8. The van der Waals surface area contributed by atoms with Gasteiger partial charge in [-0.15, -0.1) is 0 Å². The lowest BCUT2D eigenvalue weighted by molar-refractivity contribution is 0.0964. The average Bonchev–Trinajstić information content (AvgIpc) is 2.93. The molecule has 2 fully saturated rings. The Morgan fingerprint density at radius 3 is 2.75 bits per heavy atom. The van der Waals surface area contributed by atoms with Gasteiger partial charge in [0, 0.05) is 31.1 Å². The van der Waals surface area contributed by atoms with Crippen molar-refractivity contribution in [2.45, 2.75) is 50.2 Å². The molecule has 2 aromatic carbocycles. The van der Waals surface area contributed by atoms with Crippen LogP contribution in [0.15, 0.2) is 47.4 Å². The molecule has 1 aliphatic heterocycles. The average molecular weight is 403 g/mol. The standard InChI is InChI=1S/C22H30N2O3S/c1-22(2)11-16-10-18(12-22)24(14-16)15-19(25)13-23-28(26,27)21-9-5-7-17-6-3-4-8-20(17)21/h3-9,16,18-19,23,25H,10-15H2,1-2H3/t16?,18?,19-/m0/s1. The Balaban J connectivity index is 1.40. The number of benzene rings is 2. The summed E-state index contributed by atoms with van der Waals surface area (Å²) in [5.41, 5.74) is 0.364. The Morgan fingerprint density at radius 2 is 1.93 bits per heavy atom. The van der Waals surface area contributed by atoms with Gasteiger partial charge in [0.05, 0.1) is 11.0 Å². The van der Waals surface area contributed by atoms with Crippen molar-refractivity contribution in [3.63, 3.8) is 0 Å². The minimum Gasteiger partial charge on any atom is -0.390 e. The van der Waals surface area contributed by atoms with Crippen molar-refractivity contribution in [2.75, 3.05) is 19.6 Å². The second kappa shape index (κ2) is 7.41. The molecule has 6 heteroatoms. The van der Waals surface area contributed by atoms with Gasteiger partial charge in [-0.3, -0.25) is 4.90 Å². The van der Waals surface area contributed by atoms with E-state index in [0.717, 1.165) is 18.4 Å². The maximum absolute atomic E-state index is 12.8. The molecule has 4 rings (SSSR count). The van der Waals surface area contributed by atoms with Gasteiger partial charge >= 0.3 is 0 Å². The normalized spacial score (nSPS) is 25.8. The van der Waals surface area contributed by atoms with Crippen molar-refractivity contribution >= 4 is 20.8 Å². The number of hydrogen-bond donors (Lipinski definition) is 2. The predicted octanol–water partition coefficient (Wildman–Crippen LogP) is 2.99. The third kappa shape index (κ3) is 4.10. The molecular weight excluding hydrogens is 372 g/mol. The first-order valence-corrected chi connectivity index (χ1v) is 11.6. The lowest BCUT2D eigenvalue weighted by Gasteiger charge is -2.35. The second-order valence-corrected chi connectivity index (χ2v) is 11.0. The Morgan fingerprint density at radius 1 is 1.18 bits per heavy atom. The van der Waals surface area contributed by atoms with Crippen molar-refractivity contribution in [3.8, 4) is 0 Å². The molecule has 1 saturated heterocycles.